The molecule has 1 atom stereocenters. The fraction of sp³-hybridized carbons (Fsp3) is 0.550. The van der Waals surface area contributed by atoms with Gasteiger partial charge in [0.15, 0.2) is 0 Å². The van der Waals surface area contributed by atoms with Crippen molar-refractivity contribution in [2.75, 3.05) is 30.3 Å². The number of rotatable bonds is 5. The zero-order valence-electron chi connectivity index (χ0n) is 15.9. The second-order valence-corrected chi connectivity index (χ2v) is 7.21. The number of likely N-dealkylation sites (tertiary alicyclic amines) is 1. The van der Waals surface area contributed by atoms with Crippen molar-refractivity contribution in [3.63, 3.8) is 0 Å². The molecule has 1 aromatic rings. The maximum absolute atomic E-state index is 12.7. The Morgan fingerprint density at radius 2 is 1.81 bits per heavy atom. The molecule has 2 N–H and O–H groups in total. The van der Waals surface area contributed by atoms with E-state index in [1.54, 1.807) is 25.1 Å². The van der Waals surface area contributed by atoms with E-state index in [4.69, 9.17) is 4.74 Å². The largest absolute Gasteiger partial charge is 0.450 e. The number of nitrogens with one attached hydrogen (secondary N) is 2. The summed E-state index contributed by atoms with van der Waals surface area (Å²) in [5.41, 5.74) is 2.01. The minimum Gasteiger partial charge on any atom is -0.450 e. The van der Waals surface area contributed by atoms with Crippen molar-refractivity contribution in [2.24, 2.45) is 11.8 Å². The Morgan fingerprint density at radius 1 is 1.11 bits per heavy atom. The molecule has 1 aliphatic carbocycles. The maximum atomic E-state index is 12.7. The molecule has 1 aliphatic heterocycles. The molecule has 1 saturated heterocycles. The van der Waals surface area contributed by atoms with Gasteiger partial charge in [-0.1, -0.05) is 6.07 Å². The minimum atomic E-state index is -0.523. The summed E-state index contributed by atoms with van der Waals surface area (Å²) in [7, 11) is 0. The summed E-state index contributed by atoms with van der Waals surface area (Å²) in [4.78, 5) is 38.5. The molecular weight excluding hydrogens is 346 g/mol. The van der Waals surface area contributed by atoms with E-state index in [0.717, 1.165) is 37.8 Å². The van der Waals surface area contributed by atoms with Gasteiger partial charge in [-0.2, -0.15) is 0 Å². The highest BCUT2D eigenvalue weighted by Crippen LogP contribution is 2.33. The number of hydrogen-bond acceptors (Lipinski definition) is 4. The van der Waals surface area contributed by atoms with Crippen molar-refractivity contribution in [3.8, 4) is 0 Å². The lowest BCUT2D eigenvalue weighted by molar-refractivity contribution is -0.135. The number of nitrogens with zero attached hydrogens (tertiary/aromatic N) is 1. The molecular formula is C20H27N3O4. The monoisotopic (exact) mass is 373 g/mol. The summed E-state index contributed by atoms with van der Waals surface area (Å²) in [6, 6.07) is 5.34. The highest BCUT2D eigenvalue weighted by molar-refractivity contribution is 5.96. The van der Waals surface area contributed by atoms with Gasteiger partial charge in [-0.25, -0.2) is 4.79 Å². The van der Waals surface area contributed by atoms with Crippen molar-refractivity contribution in [3.05, 3.63) is 23.8 Å². The van der Waals surface area contributed by atoms with Gasteiger partial charge in [0.05, 0.1) is 12.5 Å². The molecule has 1 saturated carbocycles. The van der Waals surface area contributed by atoms with E-state index < -0.39 is 6.09 Å². The van der Waals surface area contributed by atoms with Crippen LogP contribution in [0.15, 0.2) is 18.2 Å². The predicted octanol–water partition coefficient (Wildman–Crippen LogP) is 3.15. The van der Waals surface area contributed by atoms with Crippen molar-refractivity contribution < 1.29 is 19.1 Å². The second kappa shape index (κ2) is 8.41. The van der Waals surface area contributed by atoms with Crippen molar-refractivity contribution in [1.82, 2.24) is 4.90 Å². The van der Waals surface area contributed by atoms with Gasteiger partial charge in [-0.15, -0.1) is 0 Å². The van der Waals surface area contributed by atoms with E-state index in [1.807, 2.05) is 11.8 Å². The maximum Gasteiger partial charge on any atom is 0.411 e. The molecule has 3 amide bonds. The number of benzene rings is 1. The molecule has 27 heavy (non-hydrogen) atoms. The van der Waals surface area contributed by atoms with Crippen LogP contribution in [0.2, 0.25) is 0 Å². The molecule has 0 bridgehead atoms. The molecule has 0 radical (unpaired) electrons. The lowest BCUT2D eigenvalue weighted by Crippen LogP contribution is -2.44. The normalized spacial score (nSPS) is 19.3. The van der Waals surface area contributed by atoms with Crippen molar-refractivity contribution in [1.29, 1.82) is 0 Å². The molecule has 1 heterocycles. The Bertz CT molecular complexity index is 730. The molecule has 0 unspecified atom stereocenters. The Hall–Kier alpha value is -2.57. The molecule has 0 spiro atoms. The number of hydrogen-bond donors (Lipinski definition) is 2. The van der Waals surface area contributed by atoms with Gasteiger partial charge in [0, 0.05) is 30.4 Å². The first kappa shape index (κ1) is 19.2. The number of piperidine rings is 1. The molecule has 2 fully saturated rings. The molecule has 7 nitrogen and oxygen atoms in total. The van der Waals surface area contributed by atoms with Gasteiger partial charge in [0.1, 0.15) is 0 Å². The molecule has 7 heteroatoms. The summed E-state index contributed by atoms with van der Waals surface area (Å²) < 4.78 is 4.90. The average molecular weight is 373 g/mol. The van der Waals surface area contributed by atoms with Crippen LogP contribution in [0.4, 0.5) is 16.2 Å². The zero-order valence-corrected chi connectivity index (χ0v) is 15.9. The van der Waals surface area contributed by atoms with Crippen LogP contribution in [0.5, 0.6) is 0 Å². The van der Waals surface area contributed by atoms with E-state index >= 15 is 0 Å². The van der Waals surface area contributed by atoms with Gasteiger partial charge in [-0.05, 0) is 57.2 Å². The second-order valence-electron chi connectivity index (χ2n) is 7.21. The predicted molar refractivity (Wildman–Crippen MR) is 102 cm³/mol. The topological polar surface area (TPSA) is 87.7 Å². The van der Waals surface area contributed by atoms with Crippen LogP contribution in [-0.2, 0) is 14.3 Å². The van der Waals surface area contributed by atoms with E-state index in [0.29, 0.717) is 24.5 Å². The quantitative estimate of drug-likeness (QED) is 0.830. The molecule has 3 rings (SSSR count). The van der Waals surface area contributed by atoms with Gasteiger partial charge >= 0.3 is 6.09 Å². The van der Waals surface area contributed by atoms with Gasteiger partial charge in [0.2, 0.25) is 11.8 Å². The summed E-state index contributed by atoms with van der Waals surface area (Å²) >= 11 is 0. The lowest BCUT2D eigenvalue weighted by Gasteiger charge is -2.32. The number of amides is 3. The Balaban J connectivity index is 1.63. The van der Waals surface area contributed by atoms with Crippen LogP contribution in [0.3, 0.4) is 0 Å². The summed E-state index contributed by atoms with van der Waals surface area (Å²) in [6.07, 6.45) is 3.06. The number of ether oxygens (including phenoxy) is 1. The fourth-order valence-corrected chi connectivity index (χ4v) is 3.40. The number of carbonyl (C=O) groups excluding carboxylic acids is 3. The molecule has 2 aliphatic rings. The minimum absolute atomic E-state index is 0.0836. The standard InChI is InChI=1S/C20H27N3O4/c1-3-27-20(26)22-17-8-4-7-16(13(17)2)21-18(24)15-6-5-11-23(12-15)19(25)14-9-10-14/h4,7-8,14-15H,3,5-6,9-12H2,1-2H3,(H,21,24)(H,22,26)/t15-/m0/s1. The van der Waals surface area contributed by atoms with Gasteiger partial charge < -0.3 is 15.0 Å². The average Bonchev–Trinajstić information content (AvgIpc) is 3.50. The third kappa shape index (κ3) is 4.78. The summed E-state index contributed by atoms with van der Waals surface area (Å²) in [5.74, 6) is 0.0891. The van der Waals surface area contributed by atoms with Crippen LogP contribution in [-0.4, -0.2) is 42.5 Å². The van der Waals surface area contributed by atoms with E-state index in [2.05, 4.69) is 10.6 Å². The number of carbonyl (C=O) groups is 3. The van der Waals surface area contributed by atoms with E-state index in [1.165, 1.54) is 0 Å². The third-order valence-corrected chi connectivity index (χ3v) is 5.13. The van der Waals surface area contributed by atoms with Crippen LogP contribution in [0.25, 0.3) is 0 Å². The van der Waals surface area contributed by atoms with Gasteiger partial charge in [0.25, 0.3) is 0 Å². The molecule has 1 aromatic carbocycles. The Kier molecular flexibility index (Phi) is 5.98. The summed E-state index contributed by atoms with van der Waals surface area (Å²) in [5, 5.41) is 5.64. The Morgan fingerprint density at radius 3 is 2.48 bits per heavy atom. The Labute approximate surface area is 159 Å². The van der Waals surface area contributed by atoms with Crippen LogP contribution in [0.1, 0.15) is 38.2 Å². The highest BCUT2D eigenvalue weighted by Gasteiger charge is 2.36. The first-order chi connectivity index (χ1) is 13.0. The van der Waals surface area contributed by atoms with Gasteiger partial charge in [-0.3, -0.25) is 14.9 Å². The van der Waals surface area contributed by atoms with Crippen LogP contribution < -0.4 is 10.6 Å². The highest BCUT2D eigenvalue weighted by atomic mass is 16.5. The van der Waals surface area contributed by atoms with Crippen molar-refractivity contribution >= 4 is 29.3 Å². The van der Waals surface area contributed by atoms with Crippen LogP contribution in [0, 0.1) is 18.8 Å². The van der Waals surface area contributed by atoms with Crippen molar-refractivity contribution in [2.45, 2.75) is 39.5 Å². The molecule has 146 valence electrons. The summed E-state index contributed by atoms with van der Waals surface area (Å²) in [6.45, 7) is 5.10. The van der Waals surface area contributed by atoms with E-state index in [-0.39, 0.29) is 23.7 Å². The SMILES string of the molecule is CCOC(=O)Nc1cccc(NC(=O)[C@H]2CCCN(C(=O)C3CC3)C2)c1C. The lowest BCUT2D eigenvalue weighted by atomic mass is 9.96. The first-order valence-corrected chi connectivity index (χ1v) is 9.62. The fourth-order valence-electron chi connectivity index (χ4n) is 3.40. The number of anilines is 2. The van der Waals surface area contributed by atoms with E-state index in [9.17, 15) is 14.4 Å². The third-order valence-electron chi connectivity index (χ3n) is 5.13. The van der Waals surface area contributed by atoms with Crippen LogP contribution >= 0.6 is 0 Å². The zero-order chi connectivity index (χ0) is 19.4. The first-order valence-electron chi connectivity index (χ1n) is 9.62. The molecule has 0 aromatic heterocycles. The smallest absolute Gasteiger partial charge is 0.411 e.